The first-order chi connectivity index (χ1) is 19.7. The topological polar surface area (TPSA) is 121 Å². The predicted octanol–water partition coefficient (Wildman–Crippen LogP) is 4.38. The third-order valence-corrected chi connectivity index (χ3v) is 9.81. The van der Waals surface area contributed by atoms with Crippen LogP contribution in [0.4, 0.5) is 13.2 Å². The number of hydrogen-bond acceptors (Lipinski definition) is 7. The number of nitrogens with zero attached hydrogens (tertiary/aromatic N) is 2. The summed E-state index contributed by atoms with van der Waals surface area (Å²) in [5.74, 6) is -1.60. The van der Waals surface area contributed by atoms with Gasteiger partial charge in [0.15, 0.2) is 9.84 Å². The minimum absolute atomic E-state index is 0.0577. The average Bonchev–Trinajstić information content (AvgIpc) is 3.34. The summed E-state index contributed by atoms with van der Waals surface area (Å²) in [6.45, 7) is 4.11. The molecular formula is C29H35F3N4O5S. The third-order valence-electron chi connectivity index (χ3n) is 7.95. The SMILES string of the molecule is COC(=O)c1ccc(S(=O)(=O)CC2CC(N(C)C(C)C)CCC2NC(=O)Cc2nc3c(C(F)(F)F)cccc3[nH]2)cc1. The average molecular weight is 609 g/mol. The van der Waals surface area contributed by atoms with Crippen LogP contribution in [0.3, 0.4) is 0 Å². The summed E-state index contributed by atoms with van der Waals surface area (Å²) in [5, 5.41) is 2.94. The van der Waals surface area contributed by atoms with Gasteiger partial charge in [-0.05, 0) is 82.5 Å². The Labute approximate surface area is 242 Å². The summed E-state index contributed by atoms with van der Waals surface area (Å²) >= 11 is 0. The van der Waals surface area contributed by atoms with E-state index in [1.165, 1.54) is 43.5 Å². The van der Waals surface area contributed by atoms with E-state index < -0.39 is 45.4 Å². The number of ether oxygens (including phenoxy) is 1. The Balaban J connectivity index is 1.53. The molecule has 1 heterocycles. The zero-order valence-electron chi connectivity index (χ0n) is 23.9. The smallest absolute Gasteiger partial charge is 0.418 e. The van der Waals surface area contributed by atoms with Crippen LogP contribution in [0.2, 0.25) is 0 Å². The molecule has 0 bridgehead atoms. The number of carbonyl (C=O) groups is 2. The third kappa shape index (κ3) is 7.12. The Morgan fingerprint density at radius 3 is 2.45 bits per heavy atom. The summed E-state index contributed by atoms with van der Waals surface area (Å²) in [7, 11) is -0.562. The fourth-order valence-corrected chi connectivity index (χ4v) is 7.18. The molecule has 3 unspecified atom stereocenters. The summed E-state index contributed by atoms with van der Waals surface area (Å²) < 4.78 is 71.8. The number of halogens is 3. The molecule has 0 spiro atoms. The monoisotopic (exact) mass is 608 g/mol. The van der Waals surface area contributed by atoms with Gasteiger partial charge in [0.25, 0.3) is 0 Å². The number of alkyl halides is 3. The molecule has 1 amide bonds. The number of hydrogen-bond donors (Lipinski definition) is 2. The Bertz CT molecular complexity index is 1540. The molecule has 0 saturated heterocycles. The van der Waals surface area contributed by atoms with Gasteiger partial charge in [-0.15, -0.1) is 0 Å². The van der Waals surface area contributed by atoms with Crippen molar-refractivity contribution in [3.8, 4) is 0 Å². The van der Waals surface area contributed by atoms with Crippen molar-refractivity contribution in [2.75, 3.05) is 19.9 Å². The van der Waals surface area contributed by atoms with Gasteiger partial charge in [-0.25, -0.2) is 18.2 Å². The summed E-state index contributed by atoms with van der Waals surface area (Å²) in [4.78, 5) is 33.9. The number of aromatic nitrogens is 2. The highest BCUT2D eigenvalue weighted by atomic mass is 32.2. The normalized spacial score (nSPS) is 19.8. The lowest BCUT2D eigenvalue weighted by molar-refractivity contribution is -0.136. The van der Waals surface area contributed by atoms with E-state index in [0.29, 0.717) is 12.8 Å². The predicted molar refractivity (Wildman–Crippen MR) is 151 cm³/mol. The Kier molecular flexibility index (Phi) is 9.31. The first-order valence-electron chi connectivity index (χ1n) is 13.7. The van der Waals surface area contributed by atoms with Crippen molar-refractivity contribution in [2.45, 2.75) is 68.7 Å². The fourth-order valence-electron chi connectivity index (χ4n) is 5.50. The number of sulfone groups is 1. The number of carbonyl (C=O) groups excluding carboxylic acids is 2. The van der Waals surface area contributed by atoms with Crippen molar-refractivity contribution in [2.24, 2.45) is 5.92 Å². The molecule has 228 valence electrons. The van der Waals surface area contributed by atoms with Crippen LogP contribution in [0.25, 0.3) is 11.0 Å². The zero-order chi connectivity index (χ0) is 30.8. The van der Waals surface area contributed by atoms with Gasteiger partial charge in [-0.2, -0.15) is 13.2 Å². The van der Waals surface area contributed by atoms with Gasteiger partial charge < -0.3 is 19.9 Å². The van der Waals surface area contributed by atoms with E-state index in [9.17, 15) is 31.2 Å². The first-order valence-corrected chi connectivity index (χ1v) is 15.3. The van der Waals surface area contributed by atoms with Crippen LogP contribution in [-0.4, -0.2) is 73.2 Å². The van der Waals surface area contributed by atoms with Gasteiger partial charge in [0.1, 0.15) is 11.3 Å². The van der Waals surface area contributed by atoms with E-state index in [2.05, 4.69) is 38.8 Å². The molecule has 1 aliphatic rings. The number of nitrogens with one attached hydrogen (secondary N) is 2. The maximum atomic E-state index is 13.4. The number of esters is 1. The van der Waals surface area contributed by atoms with Crippen LogP contribution in [0.5, 0.6) is 0 Å². The molecule has 3 atom stereocenters. The molecule has 2 N–H and O–H groups in total. The number of H-pyrrole nitrogens is 1. The number of imidazole rings is 1. The molecule has 1 aromatic heterocycles. The van der Waals surface area contributed by atoms with Crippen LogP contribution in [0.15, 0.2) is 47.4 Å². The van der Waals surface area contributed by atoms with Crippen LogP contribution in [-0.2, 0) is 32.0 Å². The summed E-state index contributed by atoms with van der Waals surface area (Å²) in [6.07, 6.45) is -3.07. The molecule has 13 heteroatoms. The second kappa shape index (κ2) is 12.4. The van der Waals surface area contributed by atoms with Gasteiger partial charge in [0.05, 0.1) is 40.8 Å². The van der Waals surface area contributed by atoms with Gasteiger partial charge in [-0.3, -0.25) is 4.79 Å². The minimum atomic E-state index is -4.59. The van der Waals surface area contributed by atoms with Gasteiger partial charge in [-0.1, -0.05) is 6.07 Å². The molecule has 0 radical (unpaired) electrons. The van der Waals surface area contributed by atoms with Crippen molar-refractivity contribution < 1.29 is 35.9 Å². The van der Waals surface area contributed by atoms with Crippen LogP contribution in [0.1, 0.15) is 54.9 Å². The highest BCUT2D eigenvalue weighted by Gasteiger charge is 2.37. The van der Waals surface area contributed by atoms with E-state index in [4.69, 9.17) is 0 Å². The zero-order valence-corrected chi connectivity index (χ0v) is 24.7. The van der Waals surface area contributed by atoms with E-state index in [0.717, 1.165) is 12.5 Å². The molecule has 3 aromatic rings. The van der Waals surface area contributed by atoms with E-state index >= 15 is 0 Å². The minimum Gasteiger partial charge on any atom is -0.465 e. The van der Waals surface area contributed by atoms with Crippen molar-refractivity contribution >= 4 is 32.7 Å². The molecule has 4 rings (SSSR count). The van der Waals surface area contributed by atoms with Crippen molar-refractivity contribution in [3.05, 3.63) is 59.4 Å². The first kappa shape index (κ1) is 31.5. The number of methoxy groups -OCH3 is 1. The lowest BCUT2D eigenvalue weighted by atomic mass is 9.81. The number of para-hydroxylation sites is 1. The lowest BCUT2D eigenvalue weighted by Crippen LogP contribution is -2.51. The van der Waals surface area contributed by atoms with Gasteiger partial charge in [0, 0.05) is 18.1 Å². The standard InChI is InChI=1S/C29H35F3N4O5S/c1-17(2)36(3)20-10-13-23(19(14-20)16-42(39,40)21-11-8-18(9-12-21)28(38)41-4)34-26(37)15-25-33-24-7-5-6-22(27(24)35-25)29(30,31)32/h5-9,11-12,17,19-20,23H,10,13-16H2,1-4H3,(H,33,35)(H,34,37). The largest absolute Gasteiger partial charge is 0.465 e. The molecular weight excluding hydrogens is 573 g/mol. The maximum absolute atomic E-state index is 13.4. The maximum Gasteiger partial charge on any atom is 0.418 e. The van der Waals surface area contributed by atoms with Crippen molar-refractivity contribution in [1.29, 1.82) is 0 Å². The molecule has 42 heavy (non-hydrogen) atoms. The number of benzene rings is 2. The number of aromatic amines is 1. The molecule has 9 nitrogen and oxygen atoms in total. The molecule has 1 fully saturated rings. The second-order valence-corrected chi connectivity index (χ2v) is 13.1. The molecule has 2 aromatic carbocycles. The number of fused-ring (bicyclic) bond motifs is 1. The van der Waals surface area contributed by atoms with E-state index in [-0.39, 0.29) is 51.6 Å². The molecule has 1 aliphatic carbocycles. The highest BCUT2D eigenvalue weighted by Crippen LogP contribution is 2.34. The van der Waals surface area contributed by atoms with Crippen LogP contribution in [0, 0.1) is 5.92 Å². The fraction of sp³-hybridized carbons (Fsp3) is 0.483. The molecule has 1 saturated carbocycles. The van der Waals surface area contributed by atoms with E-state index in [1.54, 1.807) is 0 Å². The Morgan fingerprint density at radius 2 is 1.83 bits per heavy atom. The van der Waals surface area contributed by atoms with Crippen molar-refractivity contribution in [3.63, 3.8) is 0 Å². The second-order valence-electron chi connectivity index (χ2n) is 11.0. The van der Waals surface area contributed by atoms with Crippen molar-refractivity contribution in [1.82, 2.24) is 20.2 Å². The van der Waals surface area contributed by atoms with Crippen LogP contribution < -0.4 is 5.32 Å². The number of rotatable bonds is 9. The van der Waals surface area contributed by atoms with Gasteiger partial charge >= 0.3 is 12.1 Å². The van der Waals surface area contributed by atoms with Gasteiger partial charge in [0.2, 0.25) is 5.91 Å². The summed E-state index contributed by atoms with van der Waals surface area (Å²) in [6, 6.07) is 9.07. The highest BCUT2D eigenvalue weighted by molar-refractivity contribution is 7.91. The van der Waals surface area contributed by atoms with E-state index in [1.807, 2.05) is 7.05 Å². The summed E-state index contributed by atoms with van der Waals surface area (Å²) in [5.41, 5.74) is -0.745. The Hall–Kier alpha value is -3.45. The number of amides is 1. The van der Waals surface area contributed by atoms with Crippen LogP contribution >= 0.6 is 0 Å². The Morgan fingerprint density at radius 1 is 1.14 bits per heavy atom. The molecule has 0 aliphatic heterocycles. The quantitative estimate of drug-likeness (QED) is 0.346. The lowest BCUT2D eigenvalue weighted by Gasteiger charge is -2.41.